The first-order chi connectivity index (χ1) is 37.5. The molecule has 2 aliphatic heterocycles. The van der Waals surface area contributed by atoms with Gasteiger partial charge in [0.1, 0.15) is 17.8 Å². The zero-order valence-electron chi connectivity index (χ0n) is 45.9. The first-order valence-electron chi connectivity index (χ1n) is 28.7. The van der Waals surface area contributed by atoms with Crippen molar-refractivity contribution in [1.82, 2.24) is 51.0 Å². The number of carbonyl (C=O) groups is 5. The van der Waals surface area contributed by atoms with Crippen LogP contribution in [0, 0.1) is 17.3 Å². The van der Waals surface area contributed by atoms with E-state index in [1.807, 2.05) is 77.5 Å². The van der Waals surface area contributed by atoms with E-state index < -0.39 is 29.5 Å². The summed E-state index contributed by atoms with van der Waals surface area (Å²) in [4.78, 5) is 84.0. The summed E-state index contributed by atoms with van der Waals surface area (Å²) in [6.07, 6.45) is 25.4. The molecule has 18 nitrogen and oxygen atoms in total. The zero-order valence-corrected chi connectivity index (χ0v) is 45.9. The second kappa shape index (κ2) is 29.4. The molecule has 2 saturated heterocycles. The van der Waals surface area contributed by atoms with E-state index in [-0.39, 0.29) is 35.4 Å². The molecule has 7 N–H and O–H groups in total. The molecule has 8 rings (SSSR count). The van der Waals surface area contributed by atoms with Gasteiger partial charge in [-0.25, -0.2) is 19.6 Å². The number of nitrogens with zero attached hydrogens (tertiary/aromatic N) is 4. The Hall–Kier alpha value is -6.43. The van der Waals surface area contributed by atoms with Gasteiger partial charge < -0.3 is 55.6 Å². The van der Waals surface area contributed by atoms with Crippen LogP contribution in [-0.2, 0) is 38.4 Å². The van der Waals surface area contributed by atoms with Gasteiger partial charge in [-0.15, -0.1) is 0 Å². The van der Waals surface area contributed by atoms with Crippen LogP contribution in [-0.4, -0.2) is 129 Å². The van der Waals surface area contributed by atoms with Gasteiger partial charge in [0.05, 0.1) is 42.2 Å². The maximum Gasteiger partial charge on any atom is 0.315 e. The molecular formula is C59H86N10O8. The molecule has 2 aromatic carbocycles. The standard InChI is InChI=1S/C31H47N5O4.C28H39N5O4/c1-3-4-20-40-31(25-8-6-5-7-9-25)15-18-36(19-16-31)29(37)28(21-24-10-12-27(39-2)13-11-24)35-30(38)33-17-14-26-22-32-23-34-26;1-2-23-17-28(26(35)36,21-11-7-4-8-12-21)14-16-33(23)25(34)24(20-9-5-3-6-10-20)32-27(37)30-15-13-22-18-29-19-31-22/h10-13,22-23,25,28H,3-9,14-21H2,1-2H3,(H,32,34)(H2,33,35,38);3,5-6,9-10,18-19,21,23-24H,2,4,7-8,11-17H2,1H3,(H,29,31)(H,35,36)(H2,30,32,37). The number of carbonyl (C=O) groups excluding carboxylic acids is 4. The zero-order chi connectivity index (χ0) is 54.5. The smallest absolute Gasteiger partial charge is 0.315 e. The number of imidazole rings is 2. The fourth-order valence-corrected chi connectivity index (χ4v) is 12.4. The molecule has 0 spiro atoms. The summed E-state index contributed by atoms with van der Waals surface area (Å²) in [5.41, 5.74) is 2.48. The summed E-state index contributed by atoms with van der Waals surface area (Å²) in [5.74, 6) is 0.539. The normalized spacial score (nSPS) is 20.6. The molecule has 4 atom stereocenters. The number of rotatable bonds is 22. The highest BCUT2D eigenvalue weighted by molar-refractivity contribution is 5.89. The Morgan fingerprint density at radius 1 is 0.740 bits per heavy atom. The first-order valence-corrected chi connectivity index (χ1v) is 28.7. The maximum absolute atomic E-state index is 13.9. The van der Waals surface area contributed by atoms with Gasteiger partial charge in [0, 0.05) is 77.0 Å². The largest absolute Gasteiger partial charge is 0.497 e. The predicted octanol–water partition coefficient (Wildman–Crippen LogP) is 8.67. The first kappa shape index (κ1) is 58.3. The molecule has 4 heterocycles. The predicted molar refractivity (Wildman–Crippen MR) is 295 cm³/mol. The van der Waals surface area contributed by atoms with E-state index in [1.54, 1.807) is 26.0 Å². The van der Waals surface area contributed by atoms with Crippen molar-refractivity contribution >= 4 is 29.8 Å². The second-order valence-electron chi connectivity index (χ2n) is 21.6. The second-order valence-corrected chi connectivity index (χ2v) is 21.6. The minimum Gasteiger partial charge on any atom is -0.497 e. The van der Waals surface area contributed by atoms with E-state index in [1.165, 1.54) is 38.5 Å². The number of aliphatic carboxylic acids is 1. The van der Waals surface area contributed by atoms with E-state index in [9.17, 15) is 29.1 Å². The lowest BCUT2D eigenvalue weighted by atomic mass is 9.62. The third-order valence-corrected chi connectivity index (χ3v) is 16.9. The lowest BCUT2D eigenvalue weighted by molar-refractivity contribution is -0.163. The van der Waals surface area contributed by atoms with E-state index in [0.717, 1.165) is 80.7 Å². The van der Waals surface area contributed by atoms with Crippen molar-refractivity contribution < 1.29 is 38.6 Å². The number of benzene rings is 2. The quantitative estimate of drug-likeness (QED) is 0.0370. The molecule has 6 amide bonds. The Balaban J connectivity index is 0.000000224. The minimum atomic E-state index is -0.854. The summed E-state index contributed by atoms with van der Waals surface area (Å²) < 4.78 is 11.9. The van der Waals surface area contributed by atoms with E-state index in [2.05, 4.69) is 48.1 Å². The number of nitrogens with one attached hydrogen (secondary N) is 6. The van der Waals surface area contributed by atoms with Gasteiger partial charge in [-0.2, -0.15) is 0 Å². The molecular weight excluding hydrogens is 977 g/mol. The number of hydrogen-bond acceptors (Lipinski definition) is 9. The van der Waals surface area contributed by atoms with Crippen molar-refractivity contribution in [3.63, 3.8) is 0 Å². The number of carboxylic acid groups (broad SMARTS) is 1. The molecule has 77 heavy (non-hydrogen) atoms. The van der Waals surface area contributed by atoms with Crippen LogP contribution in [0.4, 0.5) is 9.59 Å². The van der Waals surface area contributed by atoms with Crippen LogP contribution in [0.1, 0.15) is 152 Å². The molecule has 2 saturated carbocycles. The number of amides is 6. The highest BCUT2D eigenvalue weighted by Crippen LogP contribution is 2.49. The third-order valence-electron chi connectivity index (χ3n) is 16.9. The summed E-state index contributed by atoms with van der Waals surface area (Å²) in [6, 6.07) is 14.4. The number of carboxylic acids is 1. The van der Waals surface area contributed by atoms with Crippen molar-refractivity contribution in [1.29, 1.82) is 0 Å². The molecule has 0 radical (unpaired) electrons. The number of aromatic nitrogens is 4. The van der Waals surface area contributed by atoms with Gasteiger partial charge in [-0.05, 0) is 99.3 Å². The SMILES string of the molecule is CCC1CC(C(=O)O)(C2CCCCC2)CCN1C(=O)C(NC(=O)NCCc1c[nH]cn1)c1ccccc1.CCCCOC1(C2CCCCC2)CCN(C(=O)C(Cc2ccc(OC)cc2)NC(=O)NCCc2c[nH]cn2)CC1. The van der Waals surface area contributed by atoms with Crippen LogP contribution in [0.15, 0.2) is 79.6 Å². The van der Waals surface area contributed by atoms with Crippen LogP contribution in [0.25, 0.3) is 0 Å². The van der Waals surface area contributed by atoms with Gasteiger partial charge in [0.25, 0.3) is 0 Å². The molecule has 4 unspecified atom stereocenters. The Kier molecular flexibility index (Phi) is 22.2. The van der Waals surface area contributed by atoms with Crippen molar-refractivity contribution in [2.45, 2.75) is 166 Å². The summed E-state index contributed by atoms with van der Waals surface area (Å²) in [6.45, 7) is 7.51. The molecule has 420 valence electrons. The number of H-pyrrole nitrogens is 2. The lowest BCUT2D eigenvalue weighted by Crippen LogP contribution is -2.57. The molecule has 0 bridgehead atoms. The van der Waals surface area contributed by atoms with Gasteiger partial charge in [-0.1, -0.05) is 101 Å². The van der Waals surface area contributed by atoms with Gasteiger partial charge in [-0.3, -0.25) is 14.4 Å². The molecule has 4 fully saturated rings. The third kappa shape index (κ3) is 16.1. The number of urea groups is 2. The molecule has 2 aromatic heterocycles. The minimum absolute atomic E-state index is 0.0379. The monoisotopic (exact) mass is 1060 g/mol. The molecule has 18 heteroatoms. The Morgan fingerprint density at radius 2 is 1.34 bits per heavy atom. The Morgan fingerprint density at radius 3 is 1.88 bits per heavy atom. The summed E-state index contributed by atoms with van der Waals surface area (Å²) in [5, 5.41) is 21.9. The molecule has 4 aromatic rings. The van der Waals surface area contributed by atoms with Crippen LogP contribution in [0.2, 0.25) is 0 Å². The van der Waals surface area contributed by atoms with E-state index in [4.69, 9.17) is 9.47 Å². The molecule has 2 aliphatic carbocycles. The topological polar surface area (TPSA) is 236 Å². The Labute approximate surface area is 455 Å². The Bertz CT molecular complexity index is 2400. The summed E-state index contributed by atoms with van der Waals surface area (Å²) in [7, 11) is 1.63. The summed E-state index contributed by atoms with van der Waals surface area (Å²) >= 11 is 0. The molecule has 4 aliphatic rings. The fourth-order valence-electron chi connectivity index (χ4n) is 12.4. The van der Waals surface area contributed by atoms with Gasteiger partial charge in [0.15, 0.2) is 0 Å². The van der Waals surface area contributed by atoms with Crippen molar-refractivity contribution in [2.75, 3.05) is 46.4 Å². The van der Waals surface area contributed by atoms with Crippen molar-refractivity contribution in [3.8, 4) is 5.75 Å². The van der Waals surface area contributed by atoms with Crippen LogP contribution in [0.3, 0.4) is 0 Å². The van der Waals surface area contributed by atoms with E-state index in [0.29, 0.717) is 82.7 Å². The lowest BCUT2D eigenvalue weighted by Gasteiger charge is -2.49. The fraction of sp³-hybridized carbons (Fsp3) is 0.610. The van der Waals surface area contributed by atoms with Crippen molar-refractivity contribution in [3.05, 3.63) is 102 Å². The number of ether oxygens (including phenoxy) is 2. The number of aromatic amines is 2. The highest BCUT2D eigenvalue weighted by Gasteiger charge is 2.52. The van der Waals surface area contributed by atoms with Gasteiger partial charge >= 0.3 is 18.0 Å². The average Bonchev–Trinajstić information content (AvgIpc) is 4.21. The number of likely N-dealkylation sites (tertiary alicyclic amines) is 2. The highest BCUT2D eigenvalue weighted by atomic mass is 16.5. The van der Waals surface area contributed by atoms with Crippen LogP contribution >= 0.6 is 0 Å². The average molecular weight is 1060 g/mol. The number of piperidine rings is 2. The number of methoxy groups -OCH3 is 1. The van der Waals surface area contributed by atoms with E-state index >= 15 is 0 Å². The van der Waals surface area contributed by atoms with Crippen LogP contribution in [0.5, 0.6) is 5.75 Å². The number of unbranched alkanes of at least 4 members (excludes halogenated alkanes) is 1. The number of hydrogen-bond donors (Lipinski definition) is 7. The van der Waals surface area contributed by atoms with Crippen LogP contribution < -0.4 is 26.0 Å². The van der Waals surface area contributed by atoms with Crippen molar-refractivity contribution in [2.24, 2.45) is 17.3 Å². The maximum atomic E-state index is 13.9. The van der Waals surface area contributed by atoms with Gasteiger partial charge in [0.2, 0.25) is 11.8 Å².